The number of rotatable bonds is 57. The molecule has 7 heteroatoms. The second-order valence-electron chi connectivity index (χ2n) is 23.6. The molecule has 0 aromatic heterocycles. The molecule has 7 nitrogen and oxygen atoms in total. The minimum Gasteiger partial charge on any atom is -0.481 e. The molecule has 0 aliphatic carbocycles. The average Bonchev–Trinajstić information content (AvgIpc) is 3.38. The molecule has 1 N–H and O–H groups in total. The Labute approximate surface area is 451 Å². The van der Waals surface area contributed by atoms with Crippen LogP contribution in [0.1, 0.15) is 324 Å². The van der Waals surface area contributed by atoms with Gasteiger partial charge in [-0.2, -0.15) is 0 Å². The highest BCUT2D eigenvalue weighted by Crippen LogP contribution is 2.23. The van der Waals surface area contributed by atoms with Gasteiger partial charge in [-0.3, -0.25) is 14.5 Å². The van der Waals surface area contributed by atoms with Crippen LogP contribution in [-0.4, -0.2) is 109 Å². The number of amides is 1. The van der Waals surface area contributed by atoms with Crippen molar-refractivity contribution < 1.29 is 14.7 Å². The summed E-state index contributed by atoms with van der Waals surface area (Å²) < 4.78 is 0. The third-order valence-corrected chi connectivity index (χ3v) is 16.7. The Morgan fingerprint density at radius 2 is 0.708 bits per heavy atom. The Morgan fingerprint density at radius 3 is 1.10 bits per heavy atom. The molecule has 2 unspecified atom stereocenters. The van der Waals surface area contributed by atoms with Crippen LogP contribution in [0.4, 0.5) is 0 Å². The fourth-order valence-electron chi connectivity index (χ4n) is 11.6. The van der Waals surface area contributed by atoms with Gasteiger partial charge in [-0.05, 0) is 109 Å². The first-order chi connectivity index (χ1) is 35.4. The lowest BCUT2D eigenvalue weighted by Crippen LogP contribution is -2.47. The lowest BCUT2D eigenvalue weighted by atomic mass is 9.94. The van der Waals surface area contributed by atoms with Gasteiger partial charge in [0.25, 0.3) is 0 Å². The van der Waals surface area contributed by atoms with Gasteiger partial charge in [-0.15, -0.1) is 0 Å². The molecule has 0 bridgehead atoms. The fraction of sp³-hybridized carbons (Fsp3) is 0.969. The number of hydrogen-bond donors (Lipinski definition) is 1. The highest BCUT2D eigenvalue weighted by atomic mass is 16.4. The summed E-state index contributed by atoms with van der Waals surface area (Å²) in [5.41, 5.74) is 0. The second-order valence-corrected chi connectivity index (χ2v) is 23.6. The highest BCUT2D eigenvalue weighted by molar-refractivity contribution is 5.78. The summed E-state index contributed by atoms with van der Waals surface area (Å²) in [5, 5.41) is 10.0. The maximum absolute atomic E-state index is 14.3. The van der Waals surface area contributed by atoms with Gasteiger partial charge < -0.3 is 19.8 Å². The number of piperidine rings is 1. The van der Waals surface area contributed by atoms with Crippen molar-refractivity contribution >= 4 is 11.9 Å². The van der Waals surface area contributed by atoms with Crippen LogP contribution in [0.15, 0.2) is 0 Å². The molecule has 1 saturated heterocycles. The Morgan fingerprint density at radius 1 is 0.403 bits per heavy atom. The molecule has 0 spiro atoms. The molecule has 0 aromatic carbocycles. The Kier molecular flexibility index (Phi) is 50.9. The summed E-state index contributed by atoms with van der Waals surface area (Å²) in [7, 11) is 0. The van der Waals surface area contributed by atoms with Gasteiger partial charge in [0, 0.05) is 26.2 Å². The number of likely N-dealkylation sites (tertiary alicyclic amines) is 1. The van der Waals surface area contributed by atoms with Crippen molar-refractivity contribution in [1.82, 2.24) is 19.6 Å². The zero-order valence-electron chi connectivity index (χ0n) is 49.8. The molecule has 1 fully saturated rings. The predicted octanol–water partition coefficient (Wildman–Crippen LogP) is 18.7. The first kappa shape index (κ1) is 68.8. The molecule has 72 heavy (non-hydrogen) atoms. The van der Waals surface area contributed by atoms with E-state index in [9.17, 15) is 14.7 Å². The van der Waals surface area contributed by atoms with E-state index in [0.29, 0.717) is 18.4 Å². The monoisotopic (exact) mass is 1020 g/mol. The van der Waals surface area contributed by atoms with Crippen LogP contribution >= 0.6 is 0 Å². The van der Waals surface area contributed by atoms with E-state index in [1.807, 2.05) is 0 Å². The average molecular weight is 1020 g/mol. The van der Waals surface area contributed by atoms with E-state index in [1.54, 1.807) is 0 Å². The van der Waals surface area contributed by atoms with Crippen LogP contribution in [0.5, 0.6) is 0 Å². The maximum atomic E-state index is 14.3. The molecule has 1 rings (SSSR count). The van der Waals surface area contributed by atoms with Gasteiger partial charge in [0.05, 0.1) is 12.5 Å². The number of hydrogen-bond acceptors (Lipinski definition) is 5. The summed E-state index contributed by atoms with van der Waals surface area (Å²) in [6, 6.07) is 0. The van der Waals surface area contributed by atoms with E-state index < -0.39 is 5.97 Å². The van der Waals surface area contributed by atoms with Gasteiger partial charge in [0.1, 0.15) is 0 Å². The smallest absolute Gasteiger partial charge is 0.306 e. The summed E-state index contributed by atoms with van der Waals surface area (Å²) in [5.74, 6) is 0.181. The van der Waals surface area contributed by atoms with E-state index in [2.05, 4.69) is 54.2 Å². The molecule has 1 amide bonds. The number of aliphatic carboxylic acids is 1. The van der Waals surface area contributed by atoms with E-state index in [4.69, 9.17) is 0 Å². The number of carbonyl (C=O) groups excluding carboxylic acids is 1. The Balaban J connectivity index is 2.88. The highest BCUT2D eigenvalue weighted by Gasteiger charge is 2.26. The predicted molar refractivity (Wildman–Crippen MR) is 317 cm³/mol. The molecule has 2 atom stereocenters. The first-order valence-corrected chi connectivity index (χ1v) is 33.1. The number of carbonyl (C=O) groups is 2. The molecular formula is C65H130N4O3. The lowest BCUT2D eigenvalue weighted by Gasteiger charge is -2.36. The molecule has 428 valence electrons. The Bertz CT molecular complexity index is 1120. The summed E-state index contributed by atoms with van der Waals surface area (Å²) >= 11 is 0. The van der Waals surface area contributed by atoms with Crippen molar-refractivity contribution in [3.05, 3.63) is 0 Å². The molecule has 1 heterocycles. The number of nitrogens with zero attached hydrogens (tertiary/aromatic N) is 4. The van der Waals surface area contributed by atoms with Gasteiger partial charge >= 0.3 is 5.97 Å². The zero-order valence-corrected chi connectivity index (χ0v) is 49.8. The Hall–Kier alpha value is -1.18. The van der Waals surface area contributed by atoms with E-state index >= 15 is 0 Å². The van der Waals surface area contributed by atoms with Crippen LogP contribution in [0, 0.1) is 11.8 Å². The van der Waals surface area contributed by atoms with E-state index in [1.165, 1.54) is 264 Å². The third-order valence-electron chi connectivity index (χ3n) is 16.7. The second kappa shape index (κ2) is 53.2. The third kappa shape index (κ3) is 43.0. The molecule has 1 aliphatic heterocycles. The van der Waals surface area contributed by atoms with Gasteiger partial charge in [-0.25, -0.2) is 0 Å². The number of carboxylic acids is 1. The summed E-state index contributed by atoms with van der Waals surface area (Å²) in [6.07, 6.45) is 58.1. The normalized spacial score (nSPS) is 14.7. The van der Waals surface area contributed by atoms with Crippen LogP contribution < -0.4 is 0 Å². The van der Waals surface area contributed by atoms with Crippen LogP contribution in [0.3, 0.4) is 0 Å². The quantitative estimate of drug-likeness (QED) is 0.0613. The van der Waals surface area contributed by atoms with Crippen molar-refractivity contribution in [3.8, 4) is 0 Å². The lowest BCUT2D eigenvalue weighted by molar-refractivity contribution is -0.142. The molecule has 1 aliphatic rings. The van der Waals surface area contributed by atoms with Gasteiger partial charge in [0.15, 0.2) is 0 Å². The minimum absolute atomic E-state index is 0.183. The van der Waals surface area contributed by atoms with Crippen LogP contribution in [0.25, 0.3) is 0 Å². The maximum Gasteiger partial charge on any atom is 0.306 e. The van der Waals surface area contributed by atoms with E-state index in [-0.39, 0.29) is 5.92 Å². The van der Waals surface area contributed by atoms with Gasteiger partial charge in [0.2, 0.25) is 5.91 Å². The van der Waals surface area contributed by atoms with Crippen molar-refractivity contribution in [2.75, 3.05) is 72.0 Å². The summed E-state index contributed by atoms with van der Waals surface area (Å²) in [6.45, 7) is 22.9. The topological polar surface area (TPSA) is 67.3 Å². The largest absolute Gasteiger partial charge is 0.481 e. The van der Waals surface area contributed by atoms with Gasteiger partial charge in [-0.1, -0.05) is 259 Å². The first-order valence-electron chi connectivity index (χ1n) is 33.1. The standard InChI is InChI=1S/C65H130N4O3/c1-6-11-16-21-25-26-27-28-29-33-37-41-51-66(54-45-40-49-63(65(71)72)48-39-34-20-15-10-5)57-50-62-47-46-56-69(60-62)64(70)61-68(55-44-38-32-24-19-14-9-4)59-58-67(52-42-35-30-22-17-12-7-2)53-43-36-31-23-18-13-8-3/h62-63H,6-61H2,1-5H3,(H,71,72). The van der Waals surface area contributed by atoms with E-state index in [0.717, 1.165) is 90.9 Å². The van der Waals surface area contributed by atoms with Crippen molar-refractivity contribution in [1.29, 1.82) is 0 Å². The summed E-state index contributed by atoms with van der Waals surface area (Å²) in [4.78, 5) is 36.8. The van der Waals surface area contributed by atoms with Crippen LogP contribution in [-0.2, 0) is 9.59 Å². The van der Waals surface area contributed by atoms with Crippen LogP contribution in [0.2, 0.25) is 0 Å². The molecular weight excluding hydrogens is 885 g/mol. The van der Waals surface area contributed by atoms with Crippen molar-refractivity contribution in [2.24, 2.45) is 11.8 Å². The molecule has 0 aromatic rings. The van der Waals surface area contributed by atoms with Crippen molar-refractivity contribution in [3.63, 3.8) is 0 Å². The number of unbranched alkanes of at least 4 members (excludes halogenated alkanes) is 34. The zero-order chi connectivity index (χ0) is 52.2. The number of carboxylic acid groups (broad SMARTS) is 1. The SMILES string of the molecule is CCCCCCCCCCCCCCN(CCCCC(CCCCCCC)C(=O)O)CCC1CCCN(C(=O)CN(CCCCCCCCC)CCN(CCCCCCCCC)CCCCCCCCC)C1. The minimum atomic E-state index is -0.587. The van der Waals surface area contributed by atoms with Crippen molar-refractivity contribution in [2.45, 2.75) is 324 Å². The molecule has 0 saturated carbocycles. The fourth-order valence-corrected chi connectivity index (χ4v) is 11.6. The molecule has 0 radical (unpaired) electrons.